The molecular weight excluding hydrogens is 328 g/mol. The predicted molar refractivity (Wildman–Crippen MR) is 89.2 cm³/mol. The number of amides is 1. The summed E-state index contributed by atoms with van der Waals surface area (Å²) in [6.45, 7) is 2.67. The number of aromatic nitrogens is 1. The molecule has 7 nitrogen and oxygen atoms in total. The lowest BCUT2D eigenvalue weighted by Gasteiger charge is -2.25. The second-order valence-corrected chi connectivity index (χ2v) is 7.81. The van der Waals surface area contributed by atoms with Gasteiger partial charge in [0, 0.05) is 37.7 Å². The van der Waals surface area contributed by atoms with Crippen LogP contribution in [-0.2, 0) is 21.2 Å². The maximum absolute atomic E-state index is 12.2. The zero-order valence-corrected chi connectivity index (χ0v) is 14.3. The molecule has 24 heavy (non-hydrogen) atoms. The van der Waals surface area contributed by atoms with Crippen molar-refractivity contribution in [3.63, 3.8) is 0 Å². The third-order valence-corrected chi connectivity index (χ3v) is 5.63. The molecule has 0 saturated carbocycles. The quantitative estimate of drug-likeness (QED) is 0.597. The number of rotatable bonds is 6. The molecule has 0 radical (unpaired) electrons. The highest BCUT2D eigenvalue weighted by Crippen LogP contribution is 2.18. The van der Waals surface area contributed by atoms with Gasteiger partial charge in [-0.05, 0) is 25.0 Å². The lowest BCUT2D eigenvalue weighted by Crippen LogP contribution is -2.33. The maximum Gasteiger partial charge on any atom is 0.263 e. The lowest BCUT2D eigenvalue weighted by molar-refractivity contribution is -0.117. The first kappa shape index (κ1) is 17.9. The van der Waals surface area contributed by atoms with Gasteiger partial charge in [0.2, 0.25) is 0 Å². The van der Waals surface area contributed by atoms with Crippen LogP contribution in [0.15, 0.2) is 36.3 Å². The van der Waals surface area contributed by atoms with Gasteiger partial charge < -0.3 is 10.2 Å². The number of carbonyl (C=O) groups is 1. The number of nitriles is 1. The van der Waals surface area contributed by atoms with Gasteiger partial charge in [0.25, 0.3) is 5.91 Å². The molecule has 0 aliphatic carbocycles. The van der Waals surface area contributed by atoms with Gasteiger partial charge in [0.1, 0.15) is 11.6 Å². The molecular formula is C16H20N4O3S. The van der Waals surface area contributed by atoms with E-state index in [1.54, 1.807) is 23.4 Å². The molecule has 128 valence electrons. The van der Waals surface area contributed by atoms with Crippen molar-refractivity contribution in [2.75, 3.05) is 18.1 Å². The van der Waals surface area contributed by atoms with Gasteiger partial charge in [-0.15, -0.1) is 0 Å². The number of carbonyl (C=O) groups excluding carboxylic acids is 1. The van der Waals surface area contributed by atoms with Crippen molar-refractivity contribution in [1.29, 1.82) is 5.26 Å². The molecule has 1 saturated heterocycles. The second-order valence-electron chi connectivity index (χ2n) is 5.59. The van der Waals surface area contributed by atoms with E-state index in [4.69, 9.17) is 0 Å². The summed E-state index contributed by atoms with van der Waals surface area (Å²) in [5, 5.41) is 11.9. The summed E-state index contributed by atoms with van der Waals surface area (Å²) in [5.41, 5.74) is 0.794. The number of nitrogens with zero attached hydrogens (tertiary/aromatic N) is 3. The first-order valence-electron chi connectivity index (χ1n) is 7.70. The molecule has 1 aliphatic rings. The van der Waals surface area contributed by atoms with Crippen molar-refractivity contribution in [3.05, 3.63) is 41.9 Å². The van der Waals surface area contributed by atoms with Crippen molar-refractivity contribution in [2.45, 2.75) is 25.9 Å². The smallest absolute Gasteiger partial charge is 0.263 e. The summed E-state index contributed by atoms with van der Waals surface area (Å²) >= 11 is 0. The summed E-state index contributed by atoms with van der Waals surface area (Å²) in [5.74, 6) is -0.273. The van der Waals surface area contributed by atoms with E-state index in [2.05, 4.69) is 10.3 Å². The number of sulfone groups is 1. The average Bonchev–Trinajstić information content (AvgIpc) is 2.94. The minimum atomic E-state index is -3.02. The normalized spacial score (nSPS) is 19.5. The Morgan fingerprint density at radius 1 is 1.58 bits per heavy atom. The molecule has 1 amide bonds. The van der Waals surface area contributed by atoms with Crippen LogP contribution in [0.25, 0.3) is 0 Å². The zero-order valence-electron chi connectivity index (χ0n) is 13.5. The zero-order chi connectivity index (χ0) is 17.6. The molecule has 0 bridgehead atoms. The molecule has 1 aromatic heterocycles. The highest BCUT2D eigenvalue weighted by Gasteiger charge is 2.31. The summed E-state index contributed by atoms with van der Waals surface area (Å²) < 4.78 is 23.2. The summed E-state index contributed by atoms with van der Waals surface area (Å²) in [6, 6.07) is 5.29. The molecule has 2 heterocycles. The fourth-order valence-electron chi connectivity index (χ4n) is 2.58. The van der Waals surface area contributed by atoms with Crippen LogP contribution in [0, 0.1) is 11.3 Å². The number of pyridine rings is 1. The van der Waals surface area contributed by atoms with Gasteiger partial charge in [-0.2, -0.15) is 5.26 Å². The highest BCUT2D eigenvalue weighted by molar-refractivity contribution is 7.91. The van der Waals surface area contributed by atoms with Crippen molar-refractivity contribution in [2.24, 2.45) is 0 Å². The van der Waals surface area contributed by atoms with Gasteiger partial charge in [-0.1, -0.05) is 6.07 Å². The molecule has 1 aliphatic heterocycles. The average molecular weight is 348 g/mol. The van der Waals surface area contributed by atoms with Crippen LogP contribution >= 0.6 is 0 Å². The molecule has 0 spiro atoms. The van der Waals surface area contributed by atoms with E-state index < -0.39 is 15.7 Å². The Morgan fingerprint density at radius 3 is 2.92 bits per heavy atom. The maximum atomic E-state index is 12.2. The minimum absolute atomic E-state index is 0.0370. The topological polar surface area (TPSA) is 103 Å². The van der Waals surface area contributed by atoms with Crippen LogP contribution in [0.4, 0.5) is 0 Å². The largest absolute Gasteiger partial charge is 0.372 e. The molecule has 1 N–H and O–H groups in total. The van der Waals surface area contributed by atoms with Crippen molar-refractivity contribution in [1.82, 2.24) is 15.2 Å². The number of nitrogens with one attached hydrogen (secondary N) is 1. The summed E-state index contributed by atoms with van der Waals surface area (Å²) in [6.07, 6.45) is 5.26. The van der Waals surface area contributed by atoms with Crippen LogP contribution in [0.5, 0.6) is 0 Å². The van der Waals surface area contributed by atoms with Gasteiger partial charge in [-0.3, -0.25) is 9.78 Å². The van der Waals surface area contributed by atoms with Gasteiger partial charge in [0.15, 0.2) is 9.84 Å². The van der Waals surface area contributed by atoms with Gasteiger partial charge >= 0.3 is 0 Å². The Hall–Kier alpha value is -2.40. The SMILES string of the molecule is CCN(/C=C(/C#N)C(=O)NCc1cccnc1)C1CCS(=O)(=O)C1. The van der Waals surface area contributed by atoms with E-state index >= 15 is 0 Å². The van der Waals surface area contributed by atoms with Gasteiger partial charge in [0.05, 0.1) is 11.5 Å². The summed E-state index contributed by atoms with van der Waals surface area (Å²) in [7, 11) is -3.02. The van der Waals surface area contributed by atoms with Crippen molar-refractivity contribution in [3.8, 4) is 6.07 Å². The van der Waals surface area contributed by atoms with Gasteiger partial charge in [-0.25, -0.2) is 8.42 Å². The molecule has 8 heteroatoms. The monoisotopic (exact) mass is 348 g/mol. The van der Waals surface area contributed by atoms with E-state index in [0.717, 1.165) is 5.56 Å². The first-order chi connectivity index (χ1) is 11.4. The Labute approximate surface area is 141 Å². The molecule has 1 aromatic rings. The van der Waals surface area contributed by atoms with Crippen LogP contribution in [0.2, 0.25) is 0 Å². The Morgan fingerprint density at radius 2 is 2.38 bits per heavy atom. The van der Waals surface area contributed by atoms with Crippen LogP contribution < -0.4 is 5.32 Å². The predicted octanol–water partition coefficient (Wildman–Crippen LogP) is 0.614. The van der Waals surface area contributed by atoms with E-state index in [0.29, 0.717) is 13.0 Å². The van der Waals surface area contributed by atoms with E-state index in [9.17, 15) is 18.5 Å². The van der Waals surface area contributed by atoms with Crippen LogP contribution in [-0.4, -0.2) is 48.3 Å². The van der Waals surface area contributed by atoms with E-state index in [1.165, 1.54) is 6.20 Å². The molecule has 0 aromatic carbocycles. The Bertz CT molecular complexity index is 753. The van der Waals surface area contributed by atoms with Crippen LogP contribution in [0.1, 0.15) is 18.9 Å². The third-order valence-electron chi connectivity index (χ3n) is 3.88. The third kappa shape index (κ3) is 4.80. The summed E-state index contributed by atoms with van der Waals surface area (Å²) in [4.78, 5) is 17.9. The van der Waals surface area contributed by atoms with Crippen molar-refractivity contribution >= 4 is 15.7 Å². The standard InChI is InChI=1S/C16H20N4O3S/c1-2-20(15-5-7-24(22,23)12-15)11-14(8-17)16(21)19-10-13-4-3-6-18-9-13/h3-4,6,9,11,15H,2,5,7,10,12H2,1H3,(H,19,21)/b14-11-. The number of hydrogen-bond acceptors (Lipinski definition) is 6. The molecule has 1 unspecified atom stereocenters. The highest BCUT2D eigenvalue weighted by atomic mass is 32.2. The fraction of sp³-hybridized carbons (Fsp3) is 0.438. The number of hydrogen-bond donors (Lipinski definition) is 1. The molecule has 1 fully saturated rings. The molecule has 1 atom stereocenters. The minimum Gasteiger partial charge on any atom is -0.372 e. The first-order valence-corrected chi connectivity index (χ1v) is 9.52. The Kier molecular flexibility index (Phi) is 5.93. The second kappa shape index (κ2) is 7.93. The molecule has 2 rings (SSSR count). The lowest BCUT2D eigenvalue weighted by atomic mass is 10.2. The van der Waals surface area contributed by atoms with E-state index in [1.807, 2.05) is 19.1 Å². The van der Waals surface area contributed by atoms with Crippen LogP contribution in [0.3, 0.4) is 0 Å². The Balaban J connectivity index is 2.03. The fourth-order valence-corrected chi connectivity index (χ4v) is 4.32. The van der Waals surface area contributed by atoms with E-state index in [-0.39, 0.29) is 29.7 Å². The van der Waals surface area contributed by atoms with Crippen molar-refractivity contribution < 1.29 is 13.2 Å².